The molecule has 4 rings (SSSR count). The lowest BCUT2D eigenvalue weighted by Gasteiger charge is -2.28. The second-order valence-electron chi connectivity index (χ2n) is 6.62. The Morgan fingerprint density at radius 1 is 1.04 bits per heavy atom. The molecule has 0 saturated carbocycles. The quantitative estimate of drug-likeness (QED) is 0.775. The summed E-state index contributed by atoms with van der Waals surface area (Å²) in [7, 11) is 0. The Kier molecular flexibility index (Phi) is 4.13. The Morgan fingerprint density at radius 3 is 2.38 bits per heavy atom. The first kappa shape index (κ1) is 16.3. The third-order valence-electron chi connectivity index (χ3n) is 4.77. The van der Waals surface area contributed by atoms with Gasteiger partial charge in [0.05, 0.1) is 12.2 Å². The van der Waals surface area contributed by atoms with E-state index < -0.39 is 0 Å². The summed E-state index contributed by atoms with van der Waals surface area (Å²) >= 11 is 0. The molecule has 2 N–H and O–H groups in total. The number of fused-ring (bicyclic) bond motifs is 1. The van der Waals surface area contributed by atoms with Gasteiger partial charge in [-0.25, -0.2) is 9.97 Å². The molecule has 0 atom stereocenters. The number of nitrogen functional groups attached to an aromatic ring is 1. The van der Waals surface area contributed by atoms with Crippen molar-refractivity contribution in [3.05, 3.63) is 77.1 Å². The van der Waals surface area contributed by atoms with Crippen LogP contribution in [-0.4, -0.2) is 27.3 Å². The molecule has 3 aromatic rings. The molecule has 1 amide bonds. The second kappa shape index (κ2) is 6.59. The van der Waals surface area contributed by atoms with Crippen molar-refractivity contribution < 1.29 is 4.79 Å². The molecule has 2 heterocycles. The minimum absolute atomic E-state index is 0.0169. The third kappa shape index (κ3) is 3.16. The average molecular weight is 344 g/mol. The van der Waals surface area contributed by atoms with Gasteiger partial charge in [0.1, 0.15) is 0 Å². The van der Waals surface area contributed by atoms with Gasteiger partial charge in [0.15, 0.2) is 0 Å². The molecule has 0 fully saturated rings. The molecule has 0 spiro atoms. The second-order valence-corrected chi connectivity index (χ2v) is 6.62. The lowest BCUT2D eigenvalue weighted by atomic mass is 10.0. The highest BCUT2D eigenvalue weighted by Crippen LogP contribution is 2.22. The van der Waals surface area contributed by atoms with Gasteiger partial charge in [0.25, 0.3) is 5.91 Å². The molecule has 5 nitrogen and oxygen atoms in total. The van der Waals surface area contributed by atoms with E-state index in [-0.39, 0.29) is 11.9 Å². The first-order valence-corrected chi connectivity index (χ1v) is 8.67. The topological polar surface area (TPSA) is 72.1 Å². The molecular formula is C21H20N4O. The van der Waals surface area contributed by atoms with Gasteiger partial charge in [-0.15, -0.1) is 0 Å². The molecule has 2 aromatic carbocycles. The van der Waals surface area contributed by atoms with E-state index in [0.29, 0.717) is 18.7 Å². The smallest absolute Gasteiger partial charge is 0.254 e. The minimum atomic E-state index is 0.0169. The van der Waals surface area contributed by atoms with Crippen LogP contribution in [0.1, 0.15) is 27.2 Å². The van der Waals surface area contributed by atoms with E-state index in [1.54, 1.807) is 6.20 Å². The normalized spacial score (nSPS) is 13.3. The molecule has 26 heavy (non-hydrogen) atoms. The molecule has 0 aliphatic carbocycles. The van der Waals surface area contributed by atoms with Crippen LogP contribution in [0.5, 0.6) is 0 Å². The monoisotopic (exact) mass is 344 g/mol. The minimum Gasteiger partial charge on any atom is -0.368 e. The zero-order chi connectivity index (χ0) is 18.1. The number of aryl methyl sites for hydroxylation is 1. The van der Waals surface area contributed by atoms with Crippen LogP contribution >= 0.6 is 0 Å². The number of hydrogen-bond donors (Lipinski definition) is 1. The average Bonchev–Trinajstić information content (AvgIpc) is 2.67. The first-order chi connectivity index (χ1) is 12.6. The van der Waals surface area contributed by atoms with Crippen molar-refractivity contribution in [1.82, 2.24) is 14.9 Å². The number of anilines is 1. The highest BCUT2D eigenvalue weighted by molar-refractivity contribution is 5.94. The molecule has 1 aromatic heterocycles. The van der Waals surface area contributed by atoms with Crippen LogP contribution < -0.4 is 5.73 Å². The van der Waals surface area contributed by atoms with Gasteiger partial charge in [-0.2, -0.15) is 0 Å². The maximum absolute atomic E-state index is 12.8. The molecule has 5 heteroatoms. The number of rotatable bonds is 2. The Bertz CT molecular complexity index is 949. The largest absolute Gasteiger partial charge is 0.368 e. The summed E-state index contributed by atoms with van der Waals surface area (Å²) in [4.78, 5) is 23.0. The van der Waals surface area contributed by atoms with Crippen LogP contribution in [0.3, 0.4) is 0 Å². The maximum atomic E-state index is 12.8. The summed E-state index contributed by atoms with van der Waals surface area (Å²) in [6, 6.07) is 16.1. The van der Waals surface area contributed by atoms with Gasteiger partial charge in [-0.3, -0.25) is 4.79 Å². The Morgan fingerprint density at radius 2 is 1.69 bits per heavy atom. The van der Waals surface area contributed by atoms with Crippen LogP contribution in [0.25, 0.3) is 11.1 Å². The van der Waals surface area contributed by atoms with E-state index in [2.05, 4.69) is 41.2 Å². The number of carbonyl (C=O) groups excluding carboxylic acids is 1. The number of carbonyl (C=O) groups is 1. The first-order valence-electron chi connectivity index (χ1n) is 8.67. The number of nitrogens with zero attached hydrogens (tertiary/aromatic N) is 3. The van der Waals surface area contributed by atoms with Gasteiger partial charge in [-0.1, -0.05) is 42.0 Å². The fourth-order valence-electron chi connectivity index (χ4n) is 3.23. The third-order valence-corrected chi connectivity index (χ3v) is 4.77. The maximum Gasteiger partial charge on any atom is 0.254 e. The van der Waals surface area contributed by atoms with E-state index in [4.69, 9.17) is 5.73 Å². The standard InChI is InChI=1S/C21H20N4O/c1-14-2-4-15(5-3-14)16-6-8-17(9-7-16)20(26)25-11-10-18-12-23-21(22)24-19(18)13-25/h2-9,12H,10-11,13H2,1H3,(H2,22,23,24). The van der Waals surface area contributed by atoms with Crippen molar-refractivity contribution in [2.24, 2.45) is 0 Å². The zero-order valence-electron chi connectivity index (χ0n) is 14.6. The Labute approximate surface area is 152 Å². The summed E-state index contributed by atoms with van der Waals surface area (Å²) in [5, 5.41) is 0. The van der Waals surface area contributed by atoms with Crippen LogP contribution in [-0.2, 0) is 13.0 Å². The summed E-state index contributed by atoms with van der Waals surface area (Å²) in [6.07, 6.45) is 2.51. The van der Waals surface area contributed by atoms with Crippen LogP contribution in [0, 0.1) is 6.92 Å². The van der Waals surface area contributed by atoms with Crippen molar-refractivity contribution in [3.8, 4) is 11.1 Å². The Balaban J connectivity index is 1.52. The highest BCUT2D eigenvalue weighted by atomic mass is 16.2. The van der Waals surface area contributed by atoms with Crippen molar-refractivity contribution >= 4 is 11.9 Å². The Hall–Kier alpha value is -3.21. The molecule has 0 unspecified atom stereocenters. The number of aromatic nitrogens is 2. The SMILES string of the molecule is Cc1ccc(-c2ccc(C(=O)N3CCc4cnc(N)nc4C3)cc2)cc1. The van der Waals surface area contributed by atoms with Crippen LogP contribution in [0.15, 0.2) is 54.7 Å². The van der Waals surface area contributed by atoms with Gasteiger partial charge in [0, 0.05) is 18.3 Å². The molecular weight excluding hydrogens is 324 g/mol. The van der Waals surface area contributed by atoms with Crippen molar-refractivity contribution in [3.63, 3.8) is 0 Å². The van der Waals surface area contributed by atoms with E-state index in [1.165, 1.54) is 5.56 Å². The lowest BCUT2D eigenvalue weighted by Crippen LogP contribution is -2.36. The van der Waals surface area contributed by atoms with Crippen molar-refractivity contribution in [2.45, 2.75) is 19.9 Å². The van der Waals surface area contributed by atoms with E-state index in [0.717, 1.165) is 28.8 Å². The molecule has 130 valence electrons. The molecule has 1 aliphatic rings. The fourth-order valence-corrected chi connectivity index (χ4v) is 3.23. The summed E-state index contributed by atoms with van der Waals surface area (Å²) < 4.78 is 0. The molecule has 0 radical (unpaired) electrons. The van der Waals surface area contributed by atoms with Gasteiger partial charge in [-0.05, 0) is 42.2 Å². The lowest BCUT2D eigenvalue weighted by molar-refractivity contribution is 0.0732. The van der Waals surface area contributed by atoms with Crippen molar-refractivity contribution in [1.29, 1.82) is 0 Å². The molecule has 0 saturated heterocycles. The zero-order valence-corrected chi connectivity index (χ0v) is 14.6. The van der Waals surface area contributed by atoms with E-state index >= 15 is 0 Å². The number of nitrogens with two attached hydrogens (primary N) is 1. The molecule has 0 bridgehead atoms. The van der Waals surface area contributed by atoms with Gasteiger partial charge in [0.2, 0.25) is 5.95 Å². The summed E-state index contributed by atoms with van der Waals surface area (Å²) in [5.41, 5.74) is 11.7. The molecule has 1 aliphatic heterocycles. The predicted molar refractivity (Wildman–Crippen MR) is 102 cm³/mol. The summed E-state index contributed by atoms with van der Waals surface area (Å²) in [5.74, 6) is 0.267. The predicted octanol–water partition coefficient (Wildman–Crippen LogP) is 3.23. The number of benzene rings is 2. The van der Waals surface area contributed by atoms with Crippen LogP contribution in [0.4, 0.5) is 5.95 Å². The van der Waals surface area contributed by atoms with Gasteiger partial charge < -0.3 is 10.6 Å². The van der Waals surface area contributed by atoms with Crippen LogP contribution in [0.2, 0.25) is 0 Å². The summed E-state index contributed by atoms with van der Waals surface area (Å²) in [6.45, 7) is 3.21. The number of hydrogen-bond acceptors (Lipinski definition) is 4. The van der Waals surface area contributed by atoms with E-state index in [1.807, 2.05) is 29.2 Å². The highest BCUT2D eigenvalue weighted by Gasteiger charge is 2.23. The number of amides is 1. The van der Waals surface area contributed by atoms with Crippen molar-refractivity contribution in [2.75, 3.05) is 12.3 Å². The van der Waals surface area contributed by atoms with E-state index in [9.17, 15) is 4.79 Å². The fraction of sp³-hybridized carbons (Fsp3) is 0.190. The van der Waals surface area contributed by atoms with Gasteiger partial charge >= 0.3 is 0 Å².